The molecule has 0 bridgehead atoms. The minimum atomic E-state index is -0.333. The highest BCUT2D eigenvalue weighted by Crippen LogP contribution is 2.37. The first-order chi connectivity index (χ1) is 8.69. The summed E-state index contributed by atoms with van der Waals surface area (Å²) in [4.78, 5) is 0. The third-order valence-electron chi connectivity index (χ3n) is 4.39. The number of hydrogen-bond acceptors (Lipinski definition) is 3. The molecule has 2 rings (SSSR count). The van der Waals surface area contributed by atoms with Crippen molar-refractivity contribution >= 4 is 12.6 Å². The van der Waals surface area contributed by atoms with Crippen molar-refractivity contribution in [1.82, 2.24) is 0 Å². The molecular formula is C15H23BO3. The van der Waals surface area contributed by atoms with E-state index in [4.69, 9.17) is 14.0 Å². The summed E-state index contributed by atoms with van der Waals surface area (Å²) in [5, 5.41) is 0. The van der Waals surface area contributed by atoms with Crippen LogP contribution >= 0.6 is 0 Å². The van der Waals surface area contributed by atoms with E-state index in [2.05, 4.69) is 34.6 Å². The van der Waals surface area contributed by atoms with Gasteiger partial charge in [-0.25, -0.2) is 0 Å². The van der Waals surface area contributed by atoms with Crippen LogP contribution in [0.1, 0.15) is 38.8 Å². The molecule has 1 aromatic rings. The Labute approximate surface area is 116 Å². The van der Waals surface area contributed by atoms with Crippen molar-refractivity contribution in [2.24, 2.45) is 0 Å². The predicted octanol–water partition coefficient (Wildman–Crippen LogP) is 2.61. The van der Waals surface area contributed by atoms with Crippen LogP contribution in [0.4, 0.5) is 0 Å². The molecule has 0 atom stereocenters. The van der Waals surface area contributed by atoms with Gasteiger partial charge in [-0.05, 0) is 58.6 Å². The van der Waals surface area contributed by atoms with Gasteiger partial charge in [0.25, 0.3) is 0 Å². The van der Waals surface area contributed by atoms with Crippen molar-refractivity contribution in [3.05, 3.63) is 23.3 Å². The van der Waals surface area contributed by atoms with Crippen LogP contribution in [0, 0.1) is 13.8 Å². The second-order valence-corrected chi connectivity index (χ2v) is 6.21. The van der Waals surface area contributed by atoms with Crippen molar-refractivity contribution < 1.29 is 14.0 Å². The third-order valence-corrected chi connectivity index (χ3v) is 4.39. The molecule has 1 aliphatic heterocycles. The van der Waals surface area contributed by atoms with Gasteiger partial charge >= 0.3 is 7.12 Å². The van der Waals surface area contributed by atoms with Crippen molar-refractivity contribution in [3.8, 4) is 5.75 Å². The summed E-state index contributed by atoms with van der Waals surface area (Å²) in [6.07, 6.45) is 0. The molecule has 0 spiro atoms. The van der Waals surface area contributed by atoms with E-state index in [-0.39, 0.29) is 18.3 Å². The van der Waals surface area contributed by atoms with Crippen molar-refractivity contribution in [2.75, 3.05) is 7.11 Å². The zero-order chi connectivity index (χ0) is 14.4. The molecule has 1 heterocycles. The first-order valence-corrected chi connectivity index (χ1v) is 6.69. The zero-order valence-corrected chi connectivity index (χ0v) is 13.0. The van der Waals surface area contributed by atoms with E-state index >= 15 is 0 Å². The predicted molar refractivity (Wildman–Crippen MR) is 78.2 cm³/mol. The summed E-state index contributed by atoms with van der Waals surface area (Å²) < 4.78 is 17.7. The first-order valence-electron chi connectivity index (χ1n) is 6.69. The van der Waals surface area contributed by atoms with Gasteiger partial charge in [0, 0.05) is 0 Å². The van der Waals surface area contributed by atoms with Gasteiger partial charge in [0.05, 0.1) is 18.3 Å². The lowest BCUT2D eigenvalue weighted by Gasteiger charge is -2.32. The highest BCUT2D eigenvalue weighted by Gasteiger charge is 2.52. The lowest BCUT2D eigenvalue weighted by Crippen LogP contribution is -2.41. The monoisotopic (exact) mass is 262 g/mol. The number of rotatable bonds is 2. The standard InChI is InChI=1S/C15H23BO3/c1-10-8-9-12(17-7)11(2)13(10)16-18-14(3,4)15(5,6)19-16/h8-9H,1-7H3. The largest absolute Gasteiger partial charge is 0.497 e. The van der Waals surface area contributed by atoms with Crippen LogP contribution in [0.25, 0.3) is 0 Å². The van der Waals surface area contributed by atoms with Gasteiger partial charge in [-0.2, -0.15) is 0 Å². The summed E-state index contributed by atoms with van der Waals surface area (Å²) in [6.45, 7) is 12.4. The highest BCUT2D eigenvalue weighted by atomic mass is 16.7. The fourth-order valence-corrected chi connectivity index (χ4v) is 2.39. The molecule has 0 saturated carbocycles. The van der Waals surface area contributed by atoms with E-state index in [1.807, 2.05) is 19.1 Å². The summed E-state index contributed by atoms with van der Waals surface area (Å²) in [7, 11) is 1.35. The lowest BCUT2D eigenvalue weighted by atomic mass is 9.73. The molecule has 3 nitrogen and oxygen atoms in total. The maximum absolute atomic E-state index is 6.13. The van der Waals surface area contributed by atoms with Crippen LogP contribution in [-0.2, 0) is 9.31 Å². The van der Waals surface area contributed by atoms with Crippen LogP contribution in [0.3, 0.4) is 0 Å². The van der Waals surface area contributed by atoms with E-state index < -0.39 is 0 Å². The number of hydrogen-bond donors (Lipinski definition) is 0. The minimum Gasteiger partial charge on any atom is -0.497 e. The molecule has 1 saturated heterocycles. The summed E-state index contributed by atoms with van der Waals surface area (Å²) in [5.41, 5.74) is 2.69. The molecule has 0 radical (unpaired) electrons. The average molecular weight is 262 g/mol. The third kappa shape index (κ3) is 2.28. The molecule has 0 aliphatic carbocycles. The molecule has 0 amide bonds. The molecule has 1 aromatic carbocycles. The quantitative estimate of drug-likeness (QED) is 0.767. The Morgan fingerprint density at radius 1 is 1.00 bits per heavy atom. The van der Waals surface area contributed by atoms with E-state index in [9.17, 15) is 0 Å². The van der Waals surface area contributed by atoms with Crippen LogP contribution in [0.5, 0.6) is 5.75 Å². The maximum atomic E-state index is 6.13. The smallest absolute Gasteiger partial charge is 0.495 e. The van der Waals surface area contributed by atoms with Gasteiger partial charge in [0.15, 0.2) is 0 Å². The lowest BCUT2D eigenvalue weighted by molar-refractivity contribution is 0.00578. The fourth-order valence-electron chi connectivity index (χ4n) is 2.39. The Bertz CT molecular complexity index is 478. The summed E-state index contributed by atoms with van der Waals surface area (Å²) >= 11 is 0. The molecule has 1 fully saturated rings. The number of aryl methyl sites for hydroxylation is 1. The molecule has 0 unspecified atom stereocenters. The topological polar surface area (TPSA) is 27.7 Å². The molecule has 104 valence electrons. The van der Waals surface area contributed by atoms with Crippen molar-refractivity contribution in [3.63, 3.8) is 0 Å². The SMILES string of the molecule is COc1ccc(C)c(B2OC(C)(C)C(C)(C)O2)c1C. The second-order valence-electron chi connectivity index (χ2n) is 6.21. The molecule has 4 heteroatoms. The Kier molecular flexibility index (Phi) is 3.44. The van der Waals surface area contributed by atoms with Gasteiger partial charge < -0.3 is 14.0 Å². The van der Waals surface area contributed by atoms with Gasteiger partial charge in [0.1, 0.15) is 5.75 Å². The van der Waals surface area contributed by atoms with Crippen LogP contribution in [0.15, 0.2) is 12.1 Å². The Morgan fingerprint density at radius 3 is 2.00 bits per heavy atom. The van der Waals surface area contributed by atoms with Crippen molar-refractivity contribution in [1.29, 1.82) is 0 Å². The van der Waals surface area contributed by atoms with Gasteiger partial charge in [0.2, 0.25) is 0 Å². The van der Waals surface area contributed by atoms with Gasteiger partial charge in [-0.15, -0.1) is 0 Å². The Balaban J connectivity index is 2.45. The zero-order valence-electron chi connectivity index (χ0n) is 13.0. The van der Waals surface area contributed by atoms with E-state index in [1.54, 1.807) is 7.11 Å². The Hall–Kier alpha value is -0.995. The number of benzene rings is 1. The normalized spacial score (nSPS) is 20.7. The highest BCUT2D eigenvalue weighted by molar-refractivity contribution is 6.63. The fraction of sp³-hybridized carbons (Fsp3) is 0.600. The van der Waals surface area contributed by atoms with Gasteiger partial charge in [-0.3, -0.25) is 0 Å². The summed E-state index contributed by atoms with van der Waals surface area (Å²) in [5.74, 6) is 0.871. The molecule has 19 heavy (non-hydrogen) atoms. The molecule has 0 aromatic heterocycles. The maximum Gasteiger partial charge on any atom is 0.495 e. The second kappa shape index (κ2) is 4.53. The average Bonchev–Trinajstić information content (AvgIpc) is 2.48. The van der Waals surface area contributed by atoms with Crippen LogP contribution in [-0.4, -0.2) is 25.4 Å². The van der Waals surface area contributed by atoms with Crippen molar-refractivity contribution in [2.45, 2.75) is 52.7 Å². The summed E-state index contributed by atoms with van der Waals surface area (Å²) in [6, 6.07) is 4.03. The Morgan fingerprint density at radius 2 is 1.53 bits per heavy atom. The van der Waals surface area contributed by atoms with E-state index in [0.717, 1.165) is 22.3 Å². The first kappa shape index (κ1) is 14.4. The number of methoxy groups -OCH3 is 1. The van der Waals surface area contributed by atoms with Gasteiger partial charge in [-0.1, -0.05) is 11.6 Å². The van der Waals surface area contributed by atoms with Crippen LogP contribution < -0.4 is 10.2 Å². The minimum absolute atomic E-state index is 0.320. The molecular weight excluding hydrogens is 239 g/mol. The molecule has 0 N–H and O–H groups in total. The van der Waals surface area contributed by atoms with E-state index in [1.165, 1.54) is 0 Å². The van der Waals surface area contributed by atoms with Crippen LogP contribution in [0.2, 0.25) is 0 Å². The molecule has 1 aliphatic rings. The van der Waals surface area contributed by atoms with E-state index in [0.29, 0.717) is 0 Å². The number of ether oxygens (including phenoxy) is 1.